The van der Waals surface area contributed by atoms with Gasteiger partial charge in [-0.2, -0.15) is 10.4 Å². The third-order valence-electron chi connectivity index (χ3n) is 2.36. The number of nitriles is 1. The second kappa shape index (κ2) is 5.38. The number of aromatic nitrogens is 2. The Labute approximate surface area is 114 Å². The SMILES string of the molecule is N#Cc1cc(/C=C/C(=O)O)ccc1-n1cc(Cl)cn1. The summed E-state index contributed by atoms with van der Waals surface area (Å²) in [6.45, 7) is 0. The Bertz CT molecular complexity index is 698. The van der Waals surface area contributed by atoms with Crippen molar-refractivity contribution in [2.75, 3.05) is 0 Å². The van der Waals surface area contributed by atoms with Crippen molar-refractivity contribution in [3.63, 3.8) is 0 Å². The molecule has 0 fully saturated rings. The smallest absolute Gasteiger partial charge is 0.328 e. The average molecular weight is 274 g/mol. The lowest BCUT2D eigenvalue weighted by Crippen LogP contribution is -1.98. The van der Waals surface area contributed by atoms with Gasteiger partial charge in [0.2, 0.25) is 0 Å². The molecule has 0 atom stereocenters. The first-order chi connectivity index (χ1) is 9.10. The van der Waals surface area contributed by atoms with Crippen molar-refractivity contribution in [2.24, 2.45) is 0 Å². The summed E-state index contributed by atoms with van der Waals surface area (Å²) in [5.74, 6) is -1.04. The molecule has 19 heavy (non-hydrogen) atoms. The van der Waals surface area contributed by atoms with Crippen LogP contribution in [0.2, 0.25) is 5.02 Å². The molecule has 2 aromatic rings. The van der Waals surface area contributed by atoms with Crippen LogP contribution in [0.1, 0.15) is 11.1 Å². The van der Waals surface area contributed by atoms with Crippen LogP contribution in [-0.2, 0) is 4.79 Å². The molecule has 1 heterocycles. The summed E-state index contributed by atoms with van der Waals surface area (Å²) < 4.78 is 1.49. The summed E-state index contributed by atoms with van der Waals surface area (Å²) >= 11 is 5.78. The van der Waals surface area contributed by atoms with Crippen LogP contribution in [0.5, 0.6) is 0 Å². The van der Waals surface area contributed by atoms with Crippen LogP contribution in [-0.4, -0.2) is 20.9 Å². The molecular weight excluding hydrogens is 266 g/mol. The van der Waals surface area contributed by atoms with E-state index in [2.05, 4.69) is 5.10 Å². The van der Waals surface area contributed by atoms with E-state index in [0.29, 0.717) is 21.8 Å². The number of aliphatic carboxylic acids is 1. The first kappa shape index (κ1) is 12.9. The predicted molar refractivity (Wildman–Crippen MR) is 70.0 cm³/mol. The van der Waals surface area contributed by atoms with Gasteiger partial charge in [-0.25, -0.2) is 9.48 Å². The predicted octanol–water partition coefficient (Wildman–Crippen LogP) is 2.50. The fraction of sp³-hybridized carbons (Fsp3) is 0. The molecule has 0 aliphatic heterocycles. The highest BCUT2D eigenvalue weighted by Gasteiger charge is 2.06. The number of hydrogen-bond acceptors (Lipinski definition) is 3. The van der Waals surface area contributed by atoms with Gasteiger partial charge >= 0.3 is 5.97 Å². The van der Waals surface area contributed by atoms with Gasteiger partial charge in [-0.3, -0.25) is 0 Å². The summed E-state index contributed by atoms with van der Waals surface area (Å²) in [5, 5.41) is 22.2. The zero-order valence-corrected chi connectivity index (χ0v) is 10.4. The van der Waals surface area contributed by atoms with E-state index in [-0.39, 0.29) is 0 Å². The second-order valence-corrected chi connectivity index (χ2v) is 4.10. The summed E-state index contributed by atoms with van der Waals surface area (Å²) in [4.78, 5) is 10.4. The second-order valence-electron chi connectivity index (χ2n) is 3.66. The first-order valence-electron chi connectivity index (χ1n) is 5.26. The number of nitrogens with zero attached hydrogens (tertiary/aromatic N) is 3. The van der Waals surface area contributed by atoms with Crippen molar-refractivity contribution >= 4 is 23.6 Å². The molecule has 0 unspecified atom stereocenters. The van der Waals surface area contributed by atoms with Crippen molar-refractivity contribution in [1.29, 1.82) is 5.26 Å². The normalized spacial score (nSPS) is 10.5. The number of carboxylic acid groups (broad SMARTS) is 1. The lowest BCUT2D eigenvalue weighted by Gasteiger charge is -2.04. The molecule has 0 spiro atoms. The Morgan fingerprint density at radius 3 is 2.89 bits per heavy atom. The van der Waals surface area contributed by atoms with Crippen LogP contribution >= 0.6 is 11.6 Å². The fourth-order valence-electron chi connectivity index (χ4n) is 1.55. The molecule has 2 rings (SSSR count). The average Bonchev–Trinajstić information content (AvgIpc) is 2.82. The minimum Gasteiger partial charge on any atom is -0.478 e. The van der Waals surface area contributed by atoms with Crippen LogP contribution in [0.15, 0.2) is 36.7 Å². The van der Waals surface area contributed by atoms with Gasteiger partial charge < -0.3 is 5.11 Å². The van der Waals surface area contributed by atoms with Crippen molar-refractivity contribution in [2.45, 2.75) is 0 Å². The maximum absolute atomic E-state index is 10.4. The third kappa shape index (κ3) is 3.00. The number of hydrogen-bond donors (Lipinski definition) is 1. The van der Waals surface area contributed by atoms with Gasteiger partial charge in [0.05, 0.1) is 22.5 Å². The van der Waals surface area contributed by atoms with E-state index in [1.807, 2.05) is 6.07 Å². The minimum absolute atomic E-state index is 0.382. The van der Waals surface area contributed by atoms with Crippen LogP contribution in [0.4, 0.5) is 0 Å². The molecule has 1 aromatic heterocycles. The Morgan fingerprint density at radius 2 is 2.32 bits per heavy atom. The quantitative estimate of drug-likeness (QED) is 0.872. The molecule has 0 saturated heterocycles. The molecule has 0 saturated carbocycles. The van der Waals surface area contributed by atoms with Gasteiger partial charge in [-0.05, 0) is 23.8 Å². The monoisotopic (exact) mass is 273 g/mol. The Kier molecular flexibility index (Phi) is 3.64. The molecule has 6 heteroatoms. The van der Waals surface area contributed by atoms with Crippen LogP contribution in [0.25, 0.3) is 11.8 Å². The number of benzene rings is 1. The van der Waals surface area contributed by atoms with Crippen molar-refractivity contribution in [1.82, 2.24) is 9.78 Å². The van der Waals surface area contributed by atoms with E-state index < -0.39 is 5.97 Å². The molecule has 94 valence electrons. The molecule has 5 nitrogen and oxygen atoms in total. The zero-order valence-electron chi connectivity index (χ0n) is 9.62. The van der Waals surface area contributed by atoms with E-state index in [9.17, 15) is 4.79 Å². The number of carboxylic acids is 1. The maximum Gasteiger partial charge on any atom is 0.328 e. The molecule has 1 N–H and O–H groups in total. The largest absolute Gasteiger partial charge is 0.478 e. The molecule has 1 aromatic carbocycles. The summed E-state index contributed by atoms with van der Waals surface area (Å²) in [7, 11) is 0. The van der Waals surface area contributed by atoms with Gasteiger partial charge in [-0.1, -0.05) is 17.7 Å². The fourth-order valence-corrected chi connectivity index (χ4v) is 1.68. The van der Waals surface area contributed by atoms with Gasteiger partial charge in [-0.15, -0.1) is 0 Å². The first-order valence-corrected chi connectivity index (χ1v) is 5.63. The van der Waals surface area contributed by atoms with Gasteiger partial charge in [0, 0.05) is 12.3 Å². The number of rotatable bonds is 3. The highest BCUT2D eigenvalue weighted by atomic mass is 35.5. The Hall–Kier alpha value is -2.58. The highest BCUT2D eigenvalue weighted by Crippen LogP contribution is 2.18. The molecule has 0 bridgehead atoms. The highest BCUT2D eigenvalue weighted by molar-refractivity contribution is 6.30. The van der Waals surface area contributed by atoms with E-state index in [1.54, 1.807) is 24.4 Å². The van der Waals surface area contributed by atoms with Crippen molar-refractivity contribution < 1.29 is 9.90 Å². The molecule has 0 radical (unpaired) electrons. The molecular formula is C13H8ClN3O2. The number of halogens is 1. The van der Waals surface area contributed by atoms with Gasteiger partial charge in [0.15, 0.2) is 0 Å². The van der Waals surface area contributed by atoms with Crippen LogP contribution in [0, 0.1) is 11.3 Å². The Morgan fingerprint density at radius 1 is 1.53 bits per heavy atom. The topological polar surface area (TPSA) is 78.9 Å². The van der Waals surface area contributed by atoms with Crippen molar-refractivity contribution in [3.8, 4) is 11.8 Å². The lowest BCUT2D eigenvalue weighted by atomic mass is 10.1. The minimum atomic E-state index is -1.04. The molecule has 0 aliphatic carbocycles. The van der Waals surface area contributed by atoms with E-state index in [4.69, 9.17) is 22.0 Å². The van der Waals surface area contributed by atoms with Crippen LogP contribution in [0.3, 0.4) is 0 Å². The number of carbonyl (C=O) groups is 1. The van der Waals surface area contributed by atoms with E-state index in [0.717, 1.165) is 6.08 Å². The summed E-state index contributed by atoms with van der Waals surface area (Å²) in [6, 6.07) is 7.02. The summed E-state index contributed by atoms with van der Waals surface area (Å²) in [6.07, 6.45) is 5.50. The van der Waals surface area contributed by atoms with Crippen LogP contribution < -0.4 is 0 Å². The third-order valence-corrected chi connectivity index (χ3v) is 2.55. The van der Waals surface area contributed by atoms with E-state index >= 15 is 0 Å². The van der Waals surface area contributed by atoms with E-state index in [1.165, 1.54) is 17.0 Å². The van der Waals surface area contributed by atoms with Crippen molar-refractivity contribution in [3.05, 3.63) is 52.8 Å². The lowest BCUT2D eigenvalue weighted by molar-refractivity contribution is -0.131. The molecule has 0 amide bonds. The maximum atomic E-state index is 10.4. The zero-order chi connectivity index (χ0) is 13.8. The molecule has 0 aliphatic rings. The van der Waals surface area contributed by atoms with Gasteiger partial charge in [0.25, 0.3) is 0 Å². The Balaban J connectivity index is 2.43. The standard InChI is InChI=1S/C13H8ClN3O2/c14-11-7-16-17(8-11)12-3-1-9(2-4-13(18)19)5-10(12)6-15/h1-5,7-8H,(H,18,19)/b4-2+. The summed E-state index contributed by atoms with van der Waals surface area (Å²) in [5.41, 5.74) is 1.59. The van der Waals surface area contributed by atoms with Gasteiger partial charge in [0.1, 0.15) is 6.07 Å².